The van der Waals surface area contributed by atoms with E-state index in [1.165, 1.54) is 24.7 Å². The van der Waals surface area contributed by atoms with Gasteiger partial charge in [0, 0.05) is 30.9 Å². The van der Waals surface area contributed by atoms with Gasteiger partial charge in [0.1, 0.15) is 0 Å². The first-order chi connectivity index (χ1) is 13.3. The predicted molar refractivity (Wildman–Crippen MR) is 103 cm³/mol. The summed E-state index contributed by atoms with van der Waals surface area (Å²) in [4.78, 5) is 38.3. The van der Waals surface area contributed by atoms with Crippen LogP contribution in [-0.4, -0.2) is 50.7 Å². The van der Waals surface area contributed by atoms with Crippen LogP contribution in [0, 0.1) is 5.92 Å². The van der Waals surface area contributed by atoms with Crippen molar-refractivity contribution < 1.29 is 19.5 Å². The number of carbonyl (C=O) groups is 3. The Morgan fingerprint density at radius 3 is 2.57 bits per heavy atom. The fourth-order valence-corrected chi connectivity index (χ4v) is 3.17. The van der Waals surface area contributed by atoms with Gasteiger partial charge < -0.3 is 15.3 Å². The van der Waals surface area contributed by atoms with Crippen molar-refractivity contribution in [3.63, 3.8) is 0 Å². The number of amides is 2. The first-order valence-corrected chi connectivity index (χ1v) is 9.24. The summed E-state index contributed by atoms with van der Waals surface area (Å²) in [5, 5.41) is 16.2. The van der Waals surface area contributed by atoms with Gasteiger partial charge in [-0.1, -0.05) is 18.2 Å². The van der Waals surface area contributed by atoms with Crippen molar-refractivity contribution in [2.24, 2.45) is 5.92 Å². The summed E-state index contributed by atoms with van der Waals surface area (Å²) in [5.41, 5.74) is -0.606. The Kier molecular flexibility index (Phi) is 5.48. The molecule has 1 fully saturated rings. The molecule has 1 aliphatic heterocycles. The third kappa shape index (κ3) is 4.05. The molecule has 8 heteroatoms. The Bertz CT molecular complexity index is 875. The molecule has 1 saturated heterocycles. The molecule has 2 N–H and O–H groups in total. The van der Waals surface area contributed by atoms with Gasteiger partial charge in [0.25, 0.3) is 5.91 Å². The van der Waals surface area contributed by atoms with E-state index in [1.807, 2.05) is 18.2 Å². The quantitative estimate of drug-likeness (QED) is 0.822. The van der Waals surface area contributed by atoms with Crippen molar-refractivity contribution >= 4 is 23.6 Å². The number of anilines is 1. The number of nitrogens with zero attached hydrogens (tertiary/aromatic N) is 3. The Morgan fingerprint density at radius 2 is 1.89 bits per heavy atom. The zero-order valence-electron chi connectivity index (χ0n) is 16.0. The van der Waals surface area contributed by atoms with Crippen molar-refractivity contribution in [1.29, 1.82) is 0 Å². The van der Waals surface area contributed by atoms with Gasteiger partial charge in [0.15, 0.2) is 11.4 Å². The lowest BCUT2D eigenvalue weighted by Gasteiger charge is -2.32. The van der Waals surface area contributed by atoms with Crippen molar-refractivity contribution in [3.05, 3.63) is 48.2 Å². The number of rotatable bonds is 5. The van der Waals surface area contributed by atoms with Crippen LogP contribution in [0.15, 0.2) is 42.6 Å². The molecule has 1 aliphatic rings. The summed E-state index contributed by atoms with van der Waals surface area (Å²) < 4.78 is 1.30. The lowest BCUT2D eigenvalue weighted by atomic mass is 9.96. The maximum Gasteiger partial charge on any atom is 0.331 e. The number of piperidine rings is 1. The zero-order chi connectivity index (χ0) is 20.3. The highest BCUT2D eigenvalue weighted by molar-refractivity contribution is 5.96. The summed E-state index contributed by atoms with van der Waals surface area (Å²) in [6.45, 7) is 4.03. The van der Waals surface area contributed by atoms with Crippen LogP contribution in [-0.2, 0) is 15.1 Å². The van der Waals surface area contributed by atoms with Crippen molar-refractivity contribution in [2.75, 3.05) is 18.4 Å². The van der Waals surface area contributed by atoms with Gasteiger partial charge in [-0.25, -0.2) is 4.79 Å². The van der Waals surface area contributed by atoms with E-state index < -0.39 is 11.5 Å². The summed E-state index contributed by atoms with van der Waals surface area (Å²) in [7, 11) is 0. The molecule has 1 unspecified atom stereocenters. The second-order valence-electron chi connectivity index (χ2n) is 7.46. The minimum Gasteiger partial charge on any atom is -0.479 e. The summed E-state index contributed by atoms with van der Waals surface area (Å²) in [6, 6.07) is 10.6. The van der Waals surface area contributed by atoms with Gasteiger partial charge in [-0.05, 0) is 38.8 Å². The predicted octanol–water partition coefficient (Wildman–Crippen LogP) is 2.19. The second kappa shape index (κ2) is 7.84. The van der Waals surface area contributed by atoms with Crippen LogP contribution in [0.5, 0.6) is 0 Å². The van der Waals surface area contributed by atoms with E-state index in [1.54, 1.807) is 23.1 Å². The second-order valence-corrected chi connectivity index (χ2v) is 7.46. The first-order valence-electron chi connectivity index (χ1n) is 9.24. The van der Waals surface area contributed by atoms with Crippen LogP contribution in [0.1, 0.15) is 37.0 Å². The number of carboxylic acids is 1. The smallest absolute Gasteiger partial charge is 0.331 e. The summed E-state index contributed by atoms with van der Waals surface area (Å²) in [5.74, 6) is -1.35. The van der Waals surface area contributed by atoms with Gasteiger partial charge in [0.05, 0.1) is 5.92 Å². The number of likely N-dealkylation sites (tertiary alicyclic amines) is 1. The molecular weight excluding hydrogens is 360 g/mol. The van der Waals surface area contributed by atoms with Crippen LogP contribution in [0.25, 0.3) is 0 Å². The zero-order valence-corrected chi connectivity index (χ0v) is 16.0. The molecule has 3 rings (SSSR count). The molecule has 0 aliphatic carbocycles. The topological polar surface area (TPSA) is 105 Å². The van der Waals surface area contributed by atoms with Crippen LogP contribution < -0.4 is 5.32 Å². The standard InChI is InChI=1S/C20H24N4O4/c1-20(2,19(27)28)24-12-10-16(22-24)21-17(25)15-9-6-11-23(13-15)18(26)14-7-4-3-5-8-14/h3-5,7-8,10,12,15H,6,9,11,13H2,1-2H3,(H,27,28)(H,21,22,25). The van der Waals surface area contributed by atoms with Crippen LogP contribution in [0.4, 0.5) is 5.82 Å². The minimum atomic E-state index is -1.22. The minimum absolute atomic E-state index is 0.0782. The van der Waals surface area contributed by atoms with E-state index in [0.717, 1.165) is 6.42 Å². The molecule has 148 valence electrons. The number of carbonyl (C=O) groups excluding carboxylic acids is 2. The molecule has 1 aromatic heterocycles. The molecule has 2 amide bonds. The molecule has 0 radical (unpaired) electrons. The number of hydrogen-bond donors (Lipinski definition) is 2. The molecule has 28 heavy (non-hydrogen) atoms. The average Bonchev–Trinajstić information content (AvgIpc) is 3.17. The SMILES string of the molecule is CC(C)(C(=O)O)n1ccc(NC(=O)C2CCCN(C(=O)c3ccccc3)C2)n1. The van der Waals surface area contributed by atoms with E-state index in [4.69, 9.17) is 0 Å². The Balaban J connectivity index is 1.64. The third-order valence-electron chi connectivity index (χ3n) is 5.04. The van der Waals surface area contributed by atoms with Gasteiger partial charge in [-0.15, -0.1) is 0 Å². The number of hydrogen-bond acceptors (Lipinski definition) is 4. The van der Waals surface area contributed by atoms with Gasteiger partial charge >= 0.3 is 5.97 Å². The molecule has 2 aromatic rings. The maximum absolute atomic E-state index is 12.7. The molecule has 1 atom stereocenters. The lowest BCUT2D eigenvalue weighted by molar-refractivity contribution is -0.146. The van der Waals surface area contributed by atoms with Crippen molar-refractivity contribution in [1.82, 2.24) is 14.7 Å². The first kappa shape index (κ1) is 19.6. The van der Waals surface area contributed by atoms with Gasteiger partial charge in [0.2, 0.25) is 5.91 Å². The molecule has 0 spiro atoms. The van der Waals surface area contributed by atoms with E-state index in [2.05, 4.69) is 10.4 Å². The molecule has 8 nitrogen and oxygen atoms in total. The molecule has 0 saturated carbocycles. The largest absolute Gasteiger partial charge is 0.479 e. The normalized spacial score (nSPS) is 17.2. The fourth-order valence-electron chi connectivity index (χ4n) is 3.17. The Hall–Kier alpha value is -3.16. The average molecular weight is 384 g/mol. The molecular formula is C20H24N4O4. The van der Waals surface area contributed by atoms with Crippen LogP contribution >= 0.6 is 0 Å². The molecule has 1 aromatic carbocycles. The number of benzene rings is 1. The van der Waals surface area contributed by atoms with Gasteiger partial charge in [-0.3, -0.25) is 14.3 Å². The number of carboxylic acid groups (broad SMARTS) is 1. The number of aliphatic carboxylic acids is 1. The van der Waals surface area contributed by atoms with Crippen LogP contribution in [0.2, 0.25) is 0 Å². The summed E-state index contributed by atoms with van der Waals surface area (Å²) >= 11 is 0. The number of nitrogens with one attached hydrogen (secondary N) is 1. The van der Waals surface area contributed by atoms with E-state index in [-0.39, 0.29) is 17.7 Å². The maximum atomic E-state index is 12.7. The Morgan fingerprint density at radius 1 is 1.18 bits per heavy atom. The third-order valence-corrected chi connectivity index (χ3v) is 5.04. The molecule has 0 bridgehead atoms. The molecule has 2 heterocycles. The monoisotopic (exact) mass is 384 g/mol. The van der Waals surface area contributed by atoms with E-state index in [0.29, 0.717) is 30.9 Å². The van der Waals surface area contributed by atoms with E-state index in [9.17, 15) is 19.5 Å². The highest BCUT2D eigenvalue weighted by atomic mass is 16.4. The highest BCUT2D eigenvalue weighted by Crippen LogP contribution is 2.21. The van der Waals surface area contributed by atoms with E-state index >= 15 is 0 Å². The van der Waals surface area contributed by atoms with Crippen molar-refractivity contribution in [2.45, 2.75) is 32.2 Å². The number of aromatic nitrogens is 2. The Labute approximate surface area is 163 Å². The highest BCUT2D eigenvalue weighted by Gasteiger charge is 2.32. The van der Waals surface area contributed by atoms with Crippen LogP contribution in [0.3, 0.4) is 0 Å². The van der Waals surface area contributed by atoms with Crippen molar-refractivity contribution in [3.8, 4) is 0 Å². The fraction of sp³-hybridized carbons (Fsp3) is 0.400. The lowest BCUT2D eigenvalue weighted by Crippen LogP contribution is -2.43. The summed E-state index contributed by atoms with van der Waals surface area (Å²) in [6.07, 6.45) is 2.96. The van der Waals surface area contributed by atoms with Gasteiger partial charge in [-0.2, -0.15) is 5.10 Å².